The highest BCUT2D eigenvalue weighted by Gasteiger charge is 2.23. The van der Waals surface area contributed by atoms with Crippen molar-refractivity contribution in [3.8, 4) is 0 Å². The van der Waals surface area contributed by atoms with E-state index in [0.29, 0.717) is 0 Å². The fourth-order valence-corrected chi connectivity index (χ4v) is 2.42. The van der Waals surface area contributed by atoms with Gasteiger partial charge in [0.2, 0.25) is 5.16 Å². The van der Waals surface area contributed by atoms with Gasteiger partial charge in [0.05, 0.1) is 4.90 Å². The molecule has 0 aromatic carbocycles. The summed E-state index contributed by atoms with van der Waals surface area (Å²) in [6.45, 7) is 4.04. The molecule has 2 N–H and O–H groups in total. The van der Waals surface area contributed by atoms with Crippen LogP contribution in [0.25, 0.3) is 0 Å². The number of nitrogens with one attached hydrogen (secondary N) is 2. The Morgan fingerprint density at radius 2 is 2.27 bits per heavy atom. The minimum Gasteiger partial charge on any atom is -0.279 e. The van der Waals surface area contributed by atoms with Gasteiger partial charge in [0.25, 0.3) is 0 Å². The van der Waals surface area contributed by atoms with E-state index in [1.807, 2.05) is 11.6 Å². The van der Waals surface area contributed by atoms with Gasteiger partial charge in [-0.2, -0.15) is 5.10 Å². The molecule has 0 fully saturated rings. The molecule has 1 aliphatic heterocycles. The summed E-state index contributed by atoms with van der Waals surface area (Å²) in [4.78, 5) is 1.09. The summed E-state index contributed by atoms with van der Waals surface area (Å²) in [6.07, 6.45) is 0.847. The van der Waals surface area contributed by atoms with Crippen LogP contribution >= 0.6 is 11.8 Å². The number of hydrogen-bond acceptors (Lipinski definition) is 5. The van der Waals surface area contributed by atoms with Crippen LogP contribution in [0.4, 0.5) is 5.82 Å². The van der Waals surface area contributed by atoms with Gasteiger partial charge in [0.1, 0.15) is 0 Å². The summed E-state index contributed by atoms with van der Waals surface area (Å²) in [5.74, 6) is 1.77. The fourth-order valence-electron chi connectivity index (χ4n) is 1.52. The van der Waals surface area contributed by atoms with E-state index in [1.165, 1.54) is 0 Å². The van der Waals surface area contributed by atoms with E-state index >= 15 is 0 Å². The average molecular weight is 222 g/mol. The fraction of sp³-hybridized carbons (Fsp3) is 0.375. The SMILES string of the molecule is CCc1nnc2n1Nc1n[nH]c(C)c1S2. The van der Waals surface area contributed by atoms with Gasteiger partial charge < -0.3 is 0 Å². The van der Waals surface area contributed by atoms with Crippen LogP contribution in [0, 0.1) is 6.92 Å². The average Bonchev–Trinajstić information content (AvgIpc) is 2.80. The largest absolute Gasteiger partial charge is 0.279 e. The highest BCUT2D eigenvalue weighted by molar-refractivity contribution is 7.99. The molecule has 1 aliphatic rings. The molecule has 0 bridgehead atoms. The Bertz CT molecular complexity index is 513. The molecule has 0 saturated heterocycles. The maximum absolute atomic E-state index is 4.18. The highest BCUT2D eigenvalue weighted by atomic mass is 32.2. The molecule has 0 spiro atoms. The van der Waals surface area contributed by atoms with Gasteiger partial charge >= 0.3 is 0 Å². The first kappa shape index (κ1) is 8.78. The van der Waals surface area contributed by atoms with Crippen LogP contribution in [0.2, 0.25) is 0 Å². The Labute approximate surface area is 90.4 Å². The predicted octanol–water partition coefficient (Wildman–Crippen LogP) is 1.21. The normalized spacial score (nSPS) is 13.2. The summed E-state index contributed by atoms with van der Waals surface area (Å²) >= 11 is 1.59. The summed E-state index contributed by atoms with van der Waals surface area (Å²) in [5.41, 5.74) is 4.24. The first-order valence-corrected chi connectivity index (χ1v) is 5.55. The minimum absolute atomic E-state index is 0.847. The van der Waals surface area contributed by atoms with Gasteiger partial charge in [0, 0.05) is 12.1 Å². The van der Waals surface area contributed by atoms with Gasteiger partial charge in [-0.05, 0) is 18.7 Å². The molecule has 0 atom stereocenters. The number of aromatic nitrogens is 5. The van der Waals surface area contributed by atoms with Crippen LogP contribution in [0.15, 0.2) is 10.1 Å². The molecule has 15 heavy (non-hydrogen) atoms. The molecule has 0 unspecified atom stereocenters. The number of aryl methyl sites for hydroxylation is 2. The molecule has 2 aromatic heterocycles. The summed E-state index contributed by atoms with van der Waals surface area (Å²) in [6, 6.07) is 0. The van der Waals surface area contributed by atoms with Gasteiger partial charge in [-0.1, -0.05) is 6.92 Å². The molecule has 0 saturated carbocycles. The third kappa shape index (κ3) is 1.16. The van der Waals surface area contributed by atoms with Crippen molar-refractivity contribution in [1.82, 2.24) is 25.1 Å². The molecule has 0 aliphatic carbocycles. The van der Waals surface area contributed by atoms with E-state index < -0.39 is 0 Å². The van der Waals surface area contributed by atoms with E-state index in [4.69, 9.17) is 0 Å². The molecule has 2 aromatic rings. The number of anilines is 1. The Morgan fingerprint density at radius 1 is 1.40 bits per heavy atom. The van der Waals surface area contributed by atoms with Gasteiger partial charge in [-0.3, -0.25) is 10.5 Å². The Balaban J connectivity index is 2.09. The lowest BCUT2D eigenvalue weighted by Crippen LogP contribution is -2.17. The molecule has 6 nitrogen and oxygen atoms in total. The second-order valence-corrected chi connectivity index (χ2v) is 4.31. The van der Waals surface area contributed by atoms with Crippen molar-refractivity contribution < 1.29 is 0 Å². The van der Waals surface area contributed by atoms with Crippen LogP contribution in [0.3, 0.4) is 0 Å². The monoisotopic (exact) mass is 222 g/mol. The topological polar surface area (TPSA) is 71.4 Å². The third-order valence-corrected chi connectivity index (χ3v) is 3.47. The van der Waals surface area contributed by atoms with E-state index in [-0.39, 0.29) is 0 Å². The molecule has 3 heterocycles. The second-order valence-electron chi connectivity index (χ2n) is 3.33. The van der Waals surface area contributed by atoms with Gasteiger partial charge in [-0.15, -0.1) is 10.2 Å². The first-order chi connectivity index (χ1) is 7.29. The molecular formula is C8H10N6S. The van der Waals surface area contributed by atoms with Crippen molar-refractivity contribution in [3.05, 3.63) is 11.5 Å². The zero-order valence-electron chi connectivity index (χ0n) is 8.40. The lowest BCUT2D eigenvalue weighted by molar-refractivity contribution is 0.755. The molecular weight excluding hydrogens is 212 g/mol. The van der Waals surface area contributed by atoms with Crippen molar-refractivity contribution in [2.75, 3.05) is 5.43 Å². The van der Waals surface area contributed by atoms with Crippen LogP contribution in [-0.4, -0.2) is 25.1 Å². The Hall–Kier alpha value is -1.50. The predicted molar refractivity (Wildman–Crippen MR) is 55.9 cm³/mol. The van der Waals surface area contributed by atoms with Crippen molar-refractivity contribution >= 4 is 17.6 Å². The molecule has 0 radical (unpaired) electrons. The van der Waals surface area contributed by atoms with Gasteiger partial charge in [-0.25, -0.2) is 4.68 Å². The summed E-state index contributed by atoms with van der Waals surface area (Å²) in [5, 5.41) is 16.2. The number of nitrogens with zero attached hydrogens (tertiary/aromatic N) is 4. The van der Waals surface area contributed by atoms with E-state index in [1.54, 1.807) is 11.8 Å². The van der Waals surface area contributed by atoms with Crippen LogP contribution in [-0.2, 0) is 6.42 Å². The van der Waals surface area contributed by atoms with Crippen molar-refractivity contribution in [2.24, 2.45) is 0 Å². The van der Waals surface area contributed by atoms with E-state index in [2.05, 4.69) is 32.7 Å². The second kappa shape index (κ2) is 2.99. The maximum atomic E-state index is 4.18. The minimum atomic E-state index is 0.847. The first-order valence-electron chi connectivity index (χ1n) is 4.73. The van der Waals surface area contributed by atoms with Crippen LogP contribution in [0.5, 0.6) is 0 Å². The van der Waals surface area contributed by atoms with E-state index in [0.717, 1.165) is 33.8 Å². The van der Waals surface area contributed by atoms with Crippen molar-refractivity contribution in [2.45, 2.75) is 30.3 Å². The quantitative estimate of drug-likeness (QED) is 0.647. The maximum Gasteiger partial charge on any atom is 0.215 e. The number of rotatable bonds is 1. The lowest BCUT2D eigenvalue weighted by atomic mass is 10.4. The number of fused-ring (bicyclic) bond motifs is 2. The zero-order chi connectivity index (χ0) is 10.4. The molecule has 3 rings (SSSR count). The van der Waals surface area contributed by atoms with E-state index in [9.17, 15) is 0 Å². The zero-order valence-corrected chi connectivity index (χ0v) is 9.22. The summed E-state index contributed by atoms with van der Waals surface area (Å²) < 4.78 is 1.88. The van der Waals surface area contributed by atoms with Gasteiger partial charge in [0.15, 0.2) is 11.6 Å². The van der Waals surface area contributed by atoms with Crippen molar-refractivity contribution in [3.63, 3.8) is 0 Å². The number of hydrogen-bond donors (Lipinski definition) is 2. The highest BCUT2D eigenvalue weighted by Crippen LogP contribution is 2.37. The molecule has 0 amide bonds. The van der Waals surface area contributed by atoms with Crippen molar-refractivity contribution in [1.29, 1.82) is 0 Å². The number of aromatic amines is 1. The third-order valence-electron chi connectivity index (χ3n) is 2.32. The Kier molecular flexibility index (Phi) is 1.75. The number of H-pyrrole nitrogens is 1. The van der Waals surface area contributed by atoms with Crippen LogP contribution in [0.1, 0.15) is 18.4 Å². The molecule has 78 valence electrons. The molecule has 7 heteroatoms. The lowest BCUT2D eigenvalue weighted by Gasteiger charge is -2.15. The van der Waals surface area contributed by atoms with Crippen LogP contribution < -0.4 is 5.43 Å². The smallest absolute Gasteiger partial charge is 0.215 e. The standard InChI is InChI=1S/C8H10N6S/c1-3-5-10-12-8-14(5)13-7-6(15-8)4(2)9-11-7/h3H2,1-2H3,(H2,9,11,13). The summed E-state index contributed by atoms with van der Waals surface area (Å²) in [7, 11) is 0. The Morgan fingerprint density at radius 3 is 3.07 bits per heavy atom.